The second-order valence-corrected chi connectivity index (χ2v) is 11.0. The molecule has 0 aliphatic heterocycles. The van der Waals surface area contributed by atoms with Gasteiger partial charge in [-0.2, -0.15) is 0 Å². The standard InChI is InChI=1S/C28H31NOS/c1-19-25(14-11-21-9-12-23(13-10-21)22-7-4-3-5-8-22)26(20(2)31-19)27(30)29-24-17-28(18-24)15-6-16-28/h3-5,7-10,12-13,24H,6,11,14-18H2,1-2H3,(H,29,30). The second-order valence-electron chi connectivity index (χ2n) is 9.56. The van der Waals surface area contributed by atoms with Crippen molar-refractivity contribution in [1.82, 2.24) is 5.32 Å². The molecule has 0 bridgehead atoms. The molecule has 0 unspecified atom stereocenters. The number of carbonyl (C=O) groups excluding carboxylic acids is 1. The molecule has 2 fully saturated rings. The number of carbonyl (C=O) groups is 1. The van der Waals surface area contributed by atoms with E-state index in [9.17, 15) is 4.79 Å². The zero-order chi connectivity index (χ0) is 21.4. The maximum absolute atomic E-state index is 13.1. The van der Waals surface area contributed by atoms with Crippen molar-refractivity contribution in [2.45, 2.75) is 64.8 Å². The minimum absolute atomic E-state index is 0.149. The molecule has 2 nitrogen and oxygen atoms in total. The van der Waals surface area contributed by atoms with Crippen molar-refractivity contribution >= 4 is 17.2 Å². The molecule has 1 heterocycles. The van der Waals surface area contributed by atoms with E-state index in [1.807, 2.05) is 6.07 Å². The van der Waals surface area contributed by atoms with Gasteiger partial charge >= 0.3 is 0 Å². The van der Waals surface area contributed by atoms with Crippen LogP contribution >= 0.6 is 11.3 Å². The van der Waals surface area contributed by atoms with Crippen LogP contribution in [0.5, 0.6) is 0 Å². The number of nitrogens with one attached hydrogen (secondary N) is 1. The molecular weight excluding hydrogens is 398 g/mol. The second kappa shape index (κ2) is 8.27. The largest absolute Gasteiger partial charge is 0.349 e. The summed E-state index contributed by atoms with van der Waals surface area (Å²) in [6.07, 6.45) is 8.35. The quantitative estimate of drug-likeness (QED) is 0.455. The molecule has 2 saturated carbocycles. The maximum Gasteiger partial charge on any atom is 0.252 e. The van der Waals surface area contributed by atoms with Gasteiger partial charge in [-0.1, -0.05) is 61.0 Å². The van der Waals surface area contributed by atoms with Crippen molar-refractivity contribution < 1.29 is 4.79 Å². The van der Waals surface area contributed by atoms with Crippen LogP contribution in [0.1, 0.15) is 63.3 Å². The van der Waals surface area contributed by atoms with E-state index in [-0.39, 0.29) is 5.91 Å². The van der Waals surface area contributed by atoms with Crippen LogP contribution in [-0.4, -0.2) is 11.9 Å². The van der Waals surface area contributed by atoms with Crippen molar-refractivity contribution in [2.75, 3.05) is 0 Å². The van der Waals surface area contributed by atoms with Gasteiger partial charge in [0, 0.05) is 15.8 Å². The summed E-state index contributed by atoms with van der Waals surface area (Å²) in [5.41, 5.74) is 6.59. The van der Waals surface area contributed by atoms with Crippen LogP contribution in [0.4, 0.5) is 0 Å². The highest BCUT2D eigenvalue weighted by Crippen LogP contribution is 2.55. The van der Waals surface area contributed by atoms with Crippen molar-refractivity contribution in [1.29, 1.82) is 0 Å². The Labute approximate surface area is 189 Å². The van der Waals surface area contributed by atoms with Crippen molar-refractivity contribution in [3.8, 4) is 11.1 Å². The molecule has 0 saturated heterocycles. The minimum Gasteiger partial charge on any atom is -0.349 e. The van der Waals surface area contributed by atoms with Crippen molar-refractivity contribution in [2.24, 2.45) is 5.41 Å². The van der Waals surface area contributed by atoms with Gasteiger partial charge in [-0.15, -0.1) is 11.3 Å². The topological polar surface area (TPSA) is 29.1 Å². The lowest BCUT2D eigenvalue weighted by atomic mass is 9.54. The summed E-state index contributed by atoms with van der Waals surface area (Å²) in [5.74, 6) is 0.149. The van der Waals surface area contributed by atoms with Crippen LogP contribution in [0.2, 0.25) is 0 Å². The lowest BCUT2D eigenvalue weighted by Gasteiger charge is -2.54. The molecule has 0 atom stereocenters. The van der Waals surface area contributed by atoms with E-state index < -0.39 is 0 Å². The molecule has 1 N–H and O–H groups in total. The third kappa shape index (κ3) is 4.08. The Balaban J connectivity index is 1.25. The molecule has 2 aromatic carbocycles. The Bertz CT molecular complexity index is 1070. The number of hydrogen-bond acceptors (Lipinski definition) is 2. The predicted octanol–water partition coefficient (Wildman–Crippen LogP) is 6.88. The highest BCUT2D eigenvalue weighted by atomic mass is 32.1. The molecule has 5 rings (SSSR count). The average Bonchev–Trinajstić information content (AvgIpc) is 3.01. The van der Waals surface area contributed by atoms with Gasteiger partial charge in [-0.05, 0) is 80.0 Å². The fourth-order valence-electron chi connectivity index (χ4n) is 5.52. The van der Waals surface area contributed by atoms with Crippen LogP contribution in [0.3, 0.4) is 0 Å². The molecule has 2 aliphatic carbocycles. The molecule has 2 aliphatic rings. The third-order valence-electron chi connectivity index (χ3n) is 7.45. The third-order valence-corrected chi connectivity index (χ3v) is 8.51. The summed E-state index contributed by atoms with van der Waals surface area (Å²) in [6.45, 7) is 4.26. The predicted molar refractivity (Wildman–Crippen MR) is 130 cm³/mol. The van der Waals surface area contributed by atoms with E-state index in [1.165, 1.54) is 59.2 Å². The van der Waals surface area contributed by atoms with E-state index in [4.69, 9.17) is 0 Å². The smallest absolute Gasteiger partial charge is 0.252 e. The monoisotopic (exact) mass is 429 g/mol. The van der Waals surface area contributed by atoms with Gasteiger partial charge in [-0.3, -0.25) is 4.79 Å². The molecule has 0 radical (unpaired) electrons. The van der Waals surface area contributed by atoms with Crippen molar-refractivity contribution in [3.63, 3.8) is 0 Å². The van der Waals surface area contributed by atoms with Gasteiger partial charge < -0.3 is 5.32 Å². The molecule has 1 aromatic heterocycles. The molecule has 3 heteroatoms. The number of hydrogen-bond donors (Lipinski definition) is 1. The number of aryl methyl sites for hydroxylation is 3. The molecule has 31 heavy (non-hydrogen) atoms. The fraction of sp³-hybridized carbons (Fsp3) is 0.393. The maximum atomic E-state index is 13.1. The number of amides is 1. The highest BCUT2D eigenvalue weighted by Gasteiger charge is 2.48. The van der Waals surface area contributed by atoms with Crippen LogP contribution in [-0.2, 0) is 12.8 Å². The normalized spacial score (nSPS) is 17.2. The first-order valence-electron chi connectivity index (χ1n) is 11.6. The van der Waals surface area contributed by atoms with Crippen molar-refractivity contribution in [3.05, 3.63) is 81.0 Å². The molecule has 160 valence electrons. The van der Waals surface area contributed by atoms with E-state index in [0.29, 0.717) is 11.5 Å². The lowest BCUT2D eigenvalue weighted by Crippen LogP contribution is -2.53. The highest BCUT2D eigenvalue weighted by molar-refractivity contribution is 7.12. The van der Waals surface area contributed by atoms with E-state index in [2.05, 4.69) is 67.7 Å². The van der Waals surface area contributed by atoms with Crippen LogP contribution < -0.4 is 5.32 Å². The first-order chi connectivity index (χ1) is 15.0. The number of thiophene rings is 1. The summed E-state index contributed by atoms with van der Waals surface area (Å²) in [6, 6.07) is 19.7. The molecular formula is C28H31NOS. The molecule has 1 amide bonds. The first-order valence-corrected chi connectivity index (χ1v) is 12.4. The average molecular weight is 430 g/mol. The number of benzene rings is 2. The van der Waals surface area contributed by atoms with Gasteiger partial charge in [-0.25, -0.2) is 0 Å². The van der Waals surface area contributed by atoms with Crippen LogP contribution in [0, 0.1) is 19.3 Å². The fourth-order valence-corrected chi connectivity index (χ4v) is 6.63. The van der Waals surface area contributed by atoms with E-state index in [1.54, 1.807) is 11.3 Å². The molecule has 3 aromatic rings. The zero-order valence-electron chi connectivity index (χ0n) is 18.5. The number of rotatable bonds is 6. The van der Waals surface area contributed by atoms with Gasteiger partial charge in [0.2, 0.25) is 0 Å². The Morgan fingerprint density at radius 1 is 0.935 bits per heavy atom. The van der Waals surface area contributed by atoms with Gasteiger partial charge in [0.05, 0.1) is 5.56 Å². The Morgan fingerprint density at radius 2 is 1.61 bits per heavy atom. The summed E-state index contributed by atoms with van der Waals surface area (Å²) < 4.78 is 0. The van der Waals surface area contributed by atoms with Gasteiger partial charge in [0.1, 0.15) is 0 Å². The first kappa shape index (κ1) is 20.5. The Hall–Kier alpha value is -2.39. The van der Waals surface area contributed by atoms with E-state index in [0.717, 1.165) is 23.3 Å². The molecule has 1 spiro atoms. The van der Waals surface area contributed by atoms with Gasteiger partial charge in [0.25, 0.3) is 5.91 Å². The Kier molecular flexibility index (Phi) is 5.47. The minimum atomic E-state index is 0.149. The van der Waals surface area contributed by atoms with Crippen LogP contribution in [0.25, 0.3) is 11.1 Å². The summed E-state index contributed by atoms with van der Waals surface area (Å²) in [4.78, 5) is 15.6. The zero-order valence-corrected chi connectivity index (χ0v) is 19.4. The lowest BCUT2D eigenvalue weighted by molar-refractivity contribution is -0.000637. The summed E-state index contributed by atoms with van der Waals surface area (Å²) >= 11 is 1.77. The van der Waals surface area contributed by atoms with Crippen LogP contribution in [0.15, 0.2) is 54.6 Å². The van der Waals surface area contributed by atoms with Gasteiger partial charge in [0.15, 0.2) is 0 Å². The SMILES string of the molecule is Cc1sc(C)c(C(=O)NC2CC3(CCC3)C2)c1CCc1ccc(-c2ccccc2)cc1. The van der Waals surface area contributed by atoms with E-state index >= 15 is 0 Å². The summed E-state index contributed by atoms with van der Waals surface area (Å²) in [7, 11) is 0. The Morgan fingerprint density at radius 3 is 2.26 bits per heavy atom. The summed E-state index contributed by atoms with van der Waals surface area (Å²) in [5, 5.41) is 3.34.